The van der Waals surface area contributed by atoms with Crippen molar-refractivity contribution >= 4 is 11.8 Å². The van der Waals surface area contributed by atoms with E-state index in [0.717, 1.165) is 29.6 Å². The molecular weight excluding hydrogens is 300 g/mol. The van der Waals surface area contributed by atoms with E-state index in [1.807, 2.05) is 36.4 Å². The van der Waals surface area contributed by atoms with Crippen molar-refractivity contribution in [2.45, 2.75) is 31.8 Å². The predicted molar refractivity (Wildman–Crippen MR) is 97.0 cm³/mol. The lowest BCUT2D eigenvalue weighted by molar-refractivity contribution is -0.928. The van der Waals surface area contributed by atoms with Crippen LogP contribution < -0.4 is 4.90 Å². The van der Waals surface area contributed by atoms with E-state index in [9.17, 15) is 4.79 Å². The summed E-state index contributed by atoms with van der Waals surface area (Å²) in [6.07, 6.45) is 5.91. The van der Waals surface area contributed by atoms with Crippen LogP contribution in [0.25, 0.3) is 0 Å². The maximum atomic E-state index is 12.9. The summed E-state index contributed by atoms with van der Waals surface area (Å²) in [5.41, 5.74) is 0.910. The maximum Gasteiger partial charge on any atom is 0.414 e. The molecule has 24 heavy (non-hydrogen) atoms. The number of para-hydroxylation sites is 1. The normalized spacial score (nSPS) is 28.4. The zero-order valence-electron chi connectivity index (χ0n) is 14.7. The highest BCUT2D eigenvalue weighted by atomic mass is 16.6. The van der Waals surface area contributed by atoms with E-state index in [-0.39, 0.29) is 12.2 Å². The van der Waals surface area contributed by atoms with Gasteiger partial charge < -0.3 is 9.22 Å². The number of carbonyl (C=O) groups excluding carboxylic acids is 1. The average Bonchev–Trinajstić information content (AvgIpc) is 2.59. The molecule has 0 radical (unpaired) electrons. The van der Waals surface area contributed by atoms with Gasteiger partial charge in [-0.3, -0.25) is 4.90 Å². The second-order valence-electron chi connectivity index (χ2n) is 7.43. The van der Waals surface area contributed by atoms with Gasteiger partial charge in [0.25, 0.3) is 0 Å². The van der Waals surface area contributed by atoms with Crippen LogP contribution in [-0.2, 0) is 4.74 Å². The molecule has 0 saturated carbocycles. The summed E-state index contributed by atoms with van der Waals surface area (Å²) in [4.78, 5) is 14.6. The van der Waals surface area contributed by atoms with Gasteiger partial charge >= 0.3 is 6.09 Å². The highest BCUT2D eigenvalue weighted by Gasteiger charge is 2.45. The number of quaternary nitrogens is 1. The molecule has 3 fully saturated rings. The van der Waals surface area contributed by atoms with Crippen LogP contribution in [0, 0.1) is 5.92 Å². The largest absolute Gasteiger partial charge is 0.440 e. The number of hydrogen-bond acceptors (Lipinski definition) is 2. The Hall–Kier alpha value is -1.81. The summed E-state index contributed by atoms with van der Waals surface area (Å²) >= 11 is 0. The van der Waals surface area contributed by atoms with E-state index >= 15 is 0 Å². The second kappa shape index (κ2) is 7.39. The first kappa shape index (κ1) is 17.0. The Morgan fingerprint density at radius 3 is 2.67 bits per heavy atom. The number of piperidine rings is 3. The third-order valence-electron chi connectivity index (χ3n) is 5.56. The second-order valence-corrected chi connectivity index (χ2v) is 7.43. The fourth-order valence-electron chi connectivity index (χ4n) is 4.00. The van der Waals surface area contributed by atoms with Crippen LogP contribution in [0.1, 0.15) is 25.7 Å². The van der Waals surface area contributed by atoms with Gasteiger partial charge in [0.05, 0.1) is 20.1 Å². The third kappa shape index (κ3) is 3.81. The number of hydrogen-bond donors (Lipinski definition) is 0. The SMILES string of the molecule is C=CCCCN(C(=O)O[C@H]1C[N+]2(C)CCC1CC2)c1ccccc1. The van der Waals surface area contributed by atoms with Crippen molar-refractivity contribution in [3.8, 4) is 0 Å². The molecule has 3 saturated heterocycles. The number of anilines is 1. The van der Waals surface area contributed by atoms with Crippen molar-refractivity contribution in [1.29, 1.82) is 0 Å². The summed E-state index contributed by atoms with van der Waals surface area (Å²) in [7, 11) is 2.29. The van der Waals surface area contributed by atoms with Gasteiger partial charge in [0.2, 0.25) is 0 Å². The van der Waals surface area contributed by atoms with Crippen LogP contribution in [0.15, 0.2) is 43.0 Å². The van der Waals surface area contributed by atoms with E-state index in [1.165, 1.54) is 25.9 Å². The Morgan fingerprint density at radius 1 is 1.33 bits per heavy atom. The third-order valence-corrected chi connectivity index (χ3v) is 5.56. The van der Waals surface area contributed by atoms with Crippen molar-refractivity contribution < 1.29 is 14.0 Å². The Morgan fingerprint density at radius 2 is 2.04 bits per heavy atom. The molecule has 4 heteroatoms. The zero-order chi connectivity index (χ0) is 17.0. The summed E-state index contributed by atoms with van der Waals surface area (Å²) in [5, 5.41) is 0. The highest BCUT2D eigenvalue weighted by Crippen LogP contribution is 2.34. The van der Waals surface area contributed by atoms with Gasteiger partial charge in [-0.1, -0.05) is 24.3 Å². The number of rotatable bonds is 6. The van der Waals surface area contributed by atoms with Gasteiger partial charge in [0, 0.05) is 31.0 Å². The molecule has 0 aromatic heterocycles. The predicted octanol–water partition coefficient (Wildman–Crippen LogP) is 3.83. The molecule has 130 valence electrons. The van der Waals surface area contributed by atoms with E-state index < -0.39 is 0 Å². The molecule has 3 aliphatic heterocycles. The van der Waals surface area contributed by atoms with Crippen LogP contribution in [0.5, 0.6) is 0 Å². The minimum absolute atomic E-state index is 0.0654. The first-order chi connectivity index (χ1) is 11.6. The first-order valence-electron chi connectivity index (χ1n) is 9.09. The van der Waals surface area contributed by atoms with E-state index in [0.29, 0.717) is 12.5 Å². The smallest absolute Gasteiger partial charge is 0.414 e. The minimum atomic E-state index is -0.199. The molecule has 1 amide bonds. The molecule has 1 aromatic carbocycles. The van der Waals surface area contributed by atoms with E-state index in [1.54, 1.807) is 4.90 Å². The Kier molecular flexibility index (Phi) is 5.24. The number of likely N-dealkylation sites (N-methyl/N-ethyl adjacent to an activating group) is 1. The topological polar surface area (TPSA) is 29.5 Å². The molecule has 3 aliphatic rings. The zero-order valence-corrected chi connectivity index (χ0v) is 14.7. The van der Waals surface area contributed by atoms with Crippen molar-refractivity contribution in [3.63, 3.8) is 0 Å². The lowest BCUT2D eigenvalue weighted by atomic mass is 9.84. The molecule has 0 spiro atoms. The molecule has 0 unspecified atom stereocenters. The fraction of sp³-hybridized carbons (Fsp3) is 0.550. The van der Waals surface area contributed by atoms with E-state index in [2.05, 4.69) is 13.6 Å². The van der Waals surface area contributed by atoms with Gasteiger partial charge in [-0.25, -0.2) is 4.79 Å². The van der Waals surface area contributed by atoms with Gasteiger partial charge in [0.1, 0.15) is 6.54 Å². The van der Waals surface area contributed by atoms with E-state index in [4.69, 9.17) is 4.74 Å². The van der Waals surface area contributed by atoms with Crippen LogP contribution in [0.4, 0.5) is 10.5 Å². The number of ether oxygens (including phenoxy) is 1. The van der Waals surface area contributed by atoms with Crippen LogP contribution in [-0.4, -0.2) is 49.9 Å². The number of fused-ring (bicyclic) bond motifs is 3. The summed E-state index contributed by atoms with van der Waals surface area (Å²) in [5.74, 6) is 0.541. The molecule has 1 atom stereocenters. The van der Waals surface area contributed by atoms with Crippen LogP contribution in [0.2, 0.25) is 0 Å². The Balaban J connectivity index is 1.68. The van der Waals surface area contributed by atoms with Gasteiger partial charge in [-0.15, -0.1) is 6.58 Å². The van der Waals surface area contributed by atoms with Gasteiger partial charge in [0.15, 0.2) is 6.10 Å². The highest BCUT2D eigenvalue weighted by molar-refractivity contribution is 5.87. The van der Waals surface area contributed by atoms with Gasteiger partial charge in [-0.05, 0) is 25.0 Å². The van der Waals surface area contributed by atoms with Gasteiger partial charge in [-0.2, -0.15) is 0 Å². The van der Waals surface area contributed by atoms with Crippen LogP contribution >= 0.6 is 0 Å². The lowest BCUT2D eigenvalue weighted by Crippen LogP contribution is -2.62. The molecule has 0 aliphatic carbocycles. The molecule has 1 aromatic rings. The number of carbonyl (C=O) groups is 1. The summed E-state index contributed by atoms with van der Waals surface area (Å²) < 4.78 is 7.04. The van der Waals surface area contributed by atoms with Crippen molar-refractivity contribution in [2.24, 2.45) is 5.92 Å². The Labute approximate surface area is 145 Å². The summed E-state index contributed by atoms with van der Waals surface area (Å²) in [6.45, 7) is 7.84. The monoisotopic (exact) mass is 329 g/mol. The number of unbranched alkanes of at least 4 members (excludes halogenated alkanes) is 1. The molecule has 2 bridgehead atoms. The quantitative estimate of drug-likeness (QED) is 0.451. The maximum absolute atomic E-state index is 12.9. The molecule has 4 rings (SSSR count). The molecular formula is C20H29N2O2+. The fourth-order valence-corrected chi connectivity index (χ4v) is 4.00. The average molecular weight is 329 g/mol. The number of benzene rings is 1. The number of allylic oxidation sites excluding steroid dienone is 1. The van der Waals surface area contributed by atoms with Crippen molar-refractivity contribution in [1.82, 2.24) is 0 Å². The van der Waals surface area contributed by atoms with Crippen LogP contribution in [0.3, 0.4) is 0 Å². The first-order valence-corrected chi connectivity index (χ1v) is 9.09. The minimum Gasteiger partial charge on any atom is -0.440 e. The molecule has 3 heterocycles. The summed E-state index contributed by atoms with van der Waals surface area (Å²) in [6, 6.07) is 9.83. The molecule has 4 nitrogen and oxygen atoms in total. The standard InChI is InChI=1S/C20H29N2O2/c1-3-4-8-13-21(18-9-6-5-7-10-18)20(23)24-19-16-22(2)14-11-17(19)12-15-22/h3,5-7,9-10,17,19H,1,4,8,11-16H2,2H3/q+1/t17?,19-,22?/m0/s1. The number of amides is 1. The van der Waals surface area contributed by atoms with Crippen molar-refractivity contribution in [3.05, 3.63) is 43.0 Å². The Bertz CT molecular complexity index is 564. The molecule has 0 N–H and O–H groups in total. The number of nitrogens with zero attached hydrogens (tertiary/aromatic N) is 2. The lowest BCUT2D eigenvalue weighted by Gasteiger charge is -2.49. The van der Waals surface area contributed by atoms with Crippen molar-refractivity contribution in [2.75, 3.05) is 38.1 Å².